The molecule has 25 heavy (non-hydrogen) atoms. The zero-order valence-corrected chi connectivity index (χ0v) is 13.7. The van der Waals surface area contributed by atoms with Crippen LogP contribution in [0.3, 0.4) is 0 Å². The first-order valence-electron chi connectivity index (χ1n) is 7.33. The van der Waals surface area contributed by atoms with Crippen LogP contribution in [0.15, 0.2) is 35.6 Å². The van der Waals surface area contributed by atoms with Gasteiger partial charge in [0.05, 0.1) is 18.7 Å². The number of guanidine groups is 1. The largest absolute Gasteiger partial charge is 0.416 e. The smallest absolute Gasteiger partial charge is 0.349 e. The Morgan fingerprint density at radius 2 is 2.12 bits per heavy atom. The average molecular weight is 350 g/mol. The molecule has 0 bridgehead atoms. The number of benzene rings is 1. The molecule has 0 aliphatic heterocycles. The number of hydrogen-bond acceptors (Lipinski definition) is 3. The third kappa shape index (κ3) is 5.53. The van der Waals surface area contributed by atoms with Crippen molar-refractivity contribution in [1.82, 2.24) is 25.4 Å². The Morgan fingerprint density at radius 3 is 2.76 bits per heavy atom. The molecule has 0 amide bonds. The molecular formula is C16H17F3N6. The summed E-state index contributed by atoms with van der Waals surface area (Å²) < 4.78 is 39.6. The number of aryl methyl sites for hydroxylation is 1. The summed E-state index contributed by atoms with van der Waals surface area (Å²) in [5, 5.41) is 9.95. The van der Waals surface area contributed by atoms with Crippen molar-refractivity contribution in [2.75, 3.05) is 13.6 Å². The molecule has 1 heterocycles. The van der Waals surface area contributed by atoms with Crippen LogP contribution in [0, 0.1) is 11.8 Å². The predicted octanol–water partition coefficient (Wildman–Crippen LogP) is 1.55. The first-order valence-corrected chi connectivity index (χ1v) is 7.33. The highest BCUT2D eigenvalue weighted by atomic mass is 19.4. The van der Waals surface area contributed by atoms with Gasteiger partial charge in [0.25, 0.3) is 0 Å². The Hall–Kier alpha value is -3.02. The fourth-order valence-electron chi connectivity index (χ4n) is 1.91. The summed E-state index contributed by atoms with van der Waals surface area (Å²) in [4.78, 5) is 8.10. The van der Waals surface area contributed by atoms with Gasteiger partial charge in [-0.2, -0.15) is 18.3 Å². The third-order valence-electron chi connectivity index (χ3n) is 3.21. The summed E-state index contributed by atoms with van der Waals surface area (Å²) >= 11 is 0. The molecule has 132 valence electrons. The van der Waals surface area contributed by atoms with Crippen LogP contribution in [-0.2, 0) is 19.8 Å². The fraction of sp³-hybridized carbons (Fsp3) is 0.312. The summed E-state index contributed by atoms with van der Waals surface area (Å²) in [5.41, 5.74) is -0.410. The van der Waals surface area contributed by atoms with E-state index >= 15 is 0 Å². The van der Waals surface area contributed by atoms with Crippen LogP contribution in [0.25, 0.3) is 0 Å². The Labute approximate surface area is 143 Å². The van der Waals surface area contributed by atoms with E-state index in [0.29, 0.717) is 18.1 Å². The second-order valence-electron chi connectivity index (χ2n) is 4.96. The minimum Gasteiger partial charge on any atom is -0.349 e. The van der Waals surface area contributed by atoms with E-state index in [0.717, 1.165) is 18.0 Å². The second-order valence-corrected chi connectivity index (χ2v) is 4.96. The van der Waals surface area contributed by atoms with E-state index < -0.39 is 11.7 Å². The maximum Gasteiger partial charge on any atom is 0.416 e. The Kier molecular flexibility index (Phi) is 6.00. The van der Waals surface area contributed by atoms with Gasteiger partial charge in [-0.3, -0.25) is 9.67 Å². The zero-order chi connectivity index (χ0) is 18.3. The van der Waals surface area contributed by atoms with Crippen molar-refractivity contribution in [2.24, 2.45) is 12.0 Å². The maximum atomic E-state index is 12.6. The van der Waals surface area contributed by atoms with Crippen molar-refractivity contribution in [2.45, 2.75) is 12.7 Å². The van der Waals surface area contributed by atoms with Crippen molar-refractivity contribution >= 4 is 5.96 Å². The van der Waals surface area contributed by atoms with Crippen LogP contribution in [0.5, 0.6) is 0 Å². The first kappa shape index (κ1) is 18.3. The number of nitrogens with one attached hydrogen (secondary N) is 2. The van der Waals surface area contributed by atoms with Crippen molar-refractivity contribution < 1.29 is 13.2 Å². The van der Waals surface area contributed by atoms with Gasteiger partial charge in [-0.25, -0.2) is 4.98 Å². The van der Waals surface area contributed by atoms with Gasteiger partial charge in [-0.15, -0.1) is 0 Å². The molecule has 0 unspecified atom stereocenters. The Morgan fingerprint density at radius 1 is 1.32 bits per heavy atom. The van der Waals surface area contributed by atoms with Crippen LogP contribution >= 0.6 is 0 Å². The lowest BCUT2D eigenvalue weighted by Crippen LogP contribution is -2.37. The number of aromatic nitrogens is 3. The van der Waals surface area contributed by atoms with Crippen LogP contribution in [-0.4, -0.2) is 34.3 Å². The van der Waals surface area contributed by atoms with Crippen LogP contribution < -0.4 is 10.6 Å². The van der Waals surface area contributed by atoms with Crippen LogP contribution in [0.2, 0.25) is 0 Å². The molecule has 2 N–H and O–H groups in total. The number of rotatable bonds is 3. The number of nitrogens with zero attached hydrogens (tertiary/aromatic N) is 4. The van der Waals surface area contributed by atoms with Gasteiger partial charge in [0.2, 0.25) is 0 Å². The molecule has 0 radical (unpaired) electrons. The molecule has 0 spiro atoms. The molecule has 0 saturated carbocycles. The molecule has 0 aliphatic rings. The second kappa shape index (κ2) is 8.19. The van der Waals surface area contributed by atoms with Crippen molar-refractivity contribution in [3.63, 3.8) is 0 Å². The monoisotopic (exact) mass is 350 g/mol. The van der Waals surface area contributed by atoms with Gasteiger partial charge in [-0.1, -0.05) is 17.9 Å². The number of halogens is 3. The van der Waals surface area contributed by atoms with E-state index in [4.69, 9.17) is 0 Å². The SMILES string of the molecule is CN=C(NCC#Cc1cccc(C(F)(F)F)c1)NCc1ncnn1C. The molecule has 1 aromatic carbocycles. The molecule has 9 heteroatoms. The van der Waals surface area contributed by atoms with Gasteiger partial charge in [0.1, 0.15) is 12.2 Å². The number of aliphatic imine (C=N–C) groups is 1. The molecule has 2 aromatic rings. The standard InChI is InChI=1S/C16H17F3N6/c1-20-15(22-10-14-23-11-24-25(14)2)21-8-4-6-12-5-3-7-13(9-12)16(17,18)19/h3,5,7,9,11H,8,10H2,1-2H3,(H2,20,21,22). The topological polar surface area (TPSA) is 67.1 Å². The number of alkyl halides is 3. The highest BCUT2D eigenvalue weighted by Gasteiger charge is 2.30. The van der Waals surface area contributed by atoms with Crippen LogP contribution in [0.1, 0.15) is 17.0 Å². The lowest BCUT2D eigenvalue weighted by atomic mass is 10.1. The van der Waals surface area contributed by atoms with E-state index in [1.165, 1.54) is 18.5 Å². The average Bonchev–Trinajstić information content (AvgIpc) is 2.99. The van der Waals surface area contributed by atoms with Crippen molar-refractivity contribution in [3.05, 3.63) is 47.5 Å². The van der Waals surface area contributed by atoms with Gasteiger partial charge in [0, 0.05) is 19.7 Å². The lowest BCUT2D eigenvalue weighted by molar-refractivity contribution is -0.137. The van der Waals surface area contributed by atoms with E-state index in [9.17, 15) is 13.2 Å². The molecule has 1 aromatic heterocycles. The van der Waals surface area contributed by atoms with Gasteiger partial charge < -0.3 is 10.6 Å². The molecule has 0 atom stereocenters. The first-order chi connectivity index (χ1) is 11.9. The van der Waals surface area contributed by atoms with Gasteiger partial charge in [-0.05, 0) is 18.2 Å². The summed E-state index contributed by atoms with van der Waals surface area (Å²) in [6, 6.07) is 4.90. The summed E-state index contributed by atoms with van der Waals surface area (Å²) in [5.74, 6) is 6.70. The summed E-state index contributed by atoms with van der Waals surface area (Å²) in [7, 11) is 3.38. The summed E-state index contributed by atoms with van der Waals surface area (Å²) in [6.45, 7) is 0.659. The van der Waals surface area contributed by atoms with E-state index in [1.807, 2.05) is 0 Å². The van der Waals surface area contributed by atoms with E-state index in [2.05, 4.69) is 37.5 Å². The quantitative estimate of drug-likeness (QED) is 0.501. The van der Waals surface area contributed by atoms with Crippen LogP contribution in [0.4, 0.5) is 13.2 Å². The molecule has 0 saturated heterocycles. The highest BCUT2D eigenvalue weighted by Crippen LogP contribution is 2.29. The molecule has 0 aliphatic carbocycles. The molecule has 0 fully saturated rings. The third-order valence-corrected chi connectivity index (χ3v) is 3.21. The van der Waals surface area contributed by atoms with Gasteiger partial charge in [0.15, 0.2) is 5.96 Å². The van der Waals surface area contributed by atoms with E-state index in [-0.39, 0.29) is 6.54 Å². The Balaban J connectivity index is 1.87. The molecular weight excluding hydrogens is 333 g/mol. The highest BCUT2D eigenvalue weighted by molar-refractivity contribution is 5.79. The molecule has 2 rings (SSSR count). The number of hydrogen-bond donors (Lipinski definition) is 2. The minimum absolute atomic E-state index is 0.231. The summed E-state index contributed by atoms with van der Waals surface area (Å²) in [6.07, 6.45) is -2.92. The van der Waals surface area contributed by atoms with E-state index in [1.54, 1.807) is 18.8 Å². The maximum absolute atomic E-state index is 12.6. The van der Waals surface area contributed by atoms with Crippen molar-refractivity contribution in [3.8, 4) is 11.8 Å². The lowest BCUT2D eigenvalue weighted by Gasteiger charge is -2.09. The molecule has 6 nitrogen and oxygen atoms in total. The predicted molar refractivity (Wildman–Crippen MR) is 87.5 cm³/mol. The van der Waals surface area contributed by atoms with Gasteiger partial charge >= 0.3 is 6.18 Å². The normalized spacial score (nSPS) is 11.6. The minimum atomic E-state index is -4.37. The Bertz CT molecular complexity index is 798. The zero-order valence-electron chi connectivity index (χ0n) is 13.7. The van der Waals surface area contributed by atoms with Crippen molar-refractivity contribution in [1.29, 1.82) is 0 Å². The fourth-order valence-corrected chi connectivity index (χ4v) is 1.91.